The van der Waals surface area contributed by atoms with Crippen LogP contribution in [0.2, 0.25) is 0 Å². The van der Waals surface area contributed by atoms with Gasteiger partial charge < -0.3 is 5.11 Å². The molecule has 0 aliphatic carbocycles. The second-order valence-corrected chi connectivity index (χ2v) is 5.86. The second-order valence-electron chi connectivity index (χ2n) is 5.86. The van der Waals surface area contributed by atoms with Gasteiger partial charge in [-0.15, -0.1) is 0 Å². The first-order valence-electron chi connectivity index (χ1n) is 7.08. The molecule has 0 aliphatic rings. The molecule has 0 amide bonds. The van der Waals surface area contributed by atoms with Gasteiger partial charge in [0.25, 0.3) is 0 Å². The molecule has 0 saturated heterocycles. The van der Waals surface area contributed by atoms with E-state index in [-0.39, 0.29) is 18.4 Å². The van der Waals surface area contributed by atoms with Crippen molar-refractivity contribution in [2.24, 2.45) is 28.8 Å². The van der Waals surface area contributed by atoms with Crippen molar-refractivity contribution in [2.75, 3.05) is 6.54 Å². The zero-order valence-electron chi connectivity index (χ0n) is 12.5. The molecule has 0 fully saturated rings. The molecular weight excluding hydrogens is 242 g/mol. The van der Waals surface area contributed by atoms with Crippen LogP contribution >= 0.6 is 0 Å². The summed E-state index contributed by atoms with van der Waals surface area (Å²) in [6, 6.07) is 0. The summed E-state index contributed by atoms with van der Waals surface area (Å²) in [5.41, 5.74) is 0. The van der Waals surface area contributed by atoms with Gasteiger partial charge in [-0.1, -0.05) is 45.0 Å². The maximum Gasteiger partial charge on any atom is 0.307 e. The van der Waals surface area contributed by atoms with Crippen LogP contribution in [0.3, 0.4) is 0 Å². The average molecular weight is 269 g/mol. The van der Waals surface area contributed by atoms with Gasteiger partial charge in [0.05, 0.1) is 12.5 Å². The lowest BCUT2D eigenvalue weighted by Gasteiger charge is -2.22. The van der Waals surface area contributed by atoms with Crippen LogP contribution in [0.4, 0.5) is 0 Å². The van der Waals surface area contributed by atoms with E-state index in [2.05, 4.69) is 25.1 Å². The van der Waals surface area contributed by atoms with Gasteiger partial charge >= 0.3 is 5.97 Å². The molecule has 110 valence electrons. The highest BCUT2D eigenvalue weighted by molar-refractivity contribution is 5.70. The zero-order chi connectivity index (χ0) is 14.8. The van der Waals surface area contributed by atoms with Crippen LogP contribution in [0, 0.1) is 28.6 Å². The van der Waals surface area contributed by atoms with Crippen LogP contribution in [-0.2, 0) is 4.79 Å². The van der Waals surface area contributed by atoms with E-state index in [1.165, 1.54) is 0 Å². The fraction of sp³-hybridized carbons (Fsp3) is 0.800. The molecule has 0 bridgehead atoms. The third-order valence-corrected chi connectivity index (χ3v) is 3.09. The minimum atomic E-state index is -0.744. The molecule has 0 unspecified atom stereocenters. The summed E-state index contributed by atoms with van der Waals surface area (Å²) in [6.45, 7) is 8.47. The highest BCUT2D eigenvalue weighted by atomic mass is 16.4. The summed E-state index contributed by atoms with van der Waals surface area (Å²) in [5.74, 6) is -0.377. The minimum absolute atomic E-state index is 0.0101. The van der Waals surface area contributed by atoms with Crippen molar-refractivity contribution in [3.8, 4) is 0 Å². The van der Waals surface area contributed by atoms with Gasteiger partial charge in [0.2, 0.25) is 0 Å². The fourth-order valence-corrected chi connectivity index (χ4v) is 2.15. The van der Waals surface area contributed by atoms with Crippen molar-refractivity contribution in [1.82, 2.24) is 0 Å². The van der Waals surface area contributed by atoms with Crippen LogP contribution < -0.4 is 0 Å². The summed E-state index contributed by atoms with van der Waals surface area (Å²) in [5, 5.41) is 12.2. The Bertz CT molecular complexity index is 298. The number of allylic oxidation sites excluding steroid dienone is 2. The Morgan fingerprint density at radius 2 is 1.84 bits per heavy atom. The number of nitrogens with zero attached hydrogens (tertiary/aromatic N) is 1. The standard InChI is InChI=1S/C15H27NO3/c1-11(2)7-8-13(6-5-9-16-19)14(15(17)18)10-12(3)4/h7-8,11-14H,5-6,9-10H2,1-4H3,(H,17,18)/b8-7+/t13-,14-/m1/s1. The van der Waals surface area contributed by atoms with Crippen LogP contribution in [0.25, 0.3) is 0 Å². The average Bonchev–Trinajstić information content (AvgIpc) is 2.30. The monoisotopic (exact) mass is 269 g/mol. The SMILES string of the molecule is CC(C)/C=C/[C@@H](CCCN=O)[C@@H](CC(C)C)C(=O)O. The zero-order valence-corrected chi connectivity index (χ0v) is 12.5. The number of hydrogen-bond acceptors (Lipinski definition) is 3. The number of carboxylic acid groups (broad SMARTS) is 1. The Kier molecular flexibility index (Phi) is 9.09. The third kappa shape index (κ3) is 8.51. The molecule has 0 saturated carbocycles. The van der Waals surface area contributed by atoms with Crippen molar-refractivity contribution in [2.45, 2.75) is 47.0 Å². The van der Waals surface area contributed by atoms with Crippen molar-refractivity contribution in [3.05, 3.63) is 17.1 Å². The second kappa shape index (κ2) is 9.70. The normalized spacial score (nSPS) is 15.1. The van der Waals surface area contributed by atoms with Crippen LogP contribution in [-0.4, -0.2) is 17.6 Å². The van der Waals surface area contributed by atoms with Crippen molar-refractivity contribution < 1.29 is 9.90 Å². The van der Waals surface area contributed by atoms with E-state index < -0.39 is 5.97 Å². The Labute approximate surface area is 116 Å². The predicted molar refractivity (Wildman–Crippen MR) is 77.9 cm³/mol. The lowest BCUT2D eigenvalue weighted by Crippen LogP contribution is -2.24. The van der Waals surface area contributed by atoms with E-state index in [1.54, 1.807) is 0 Å². The largest absolute Gasteiger partial charge is 0.481 e. The Morgan fingerprint density at radius 1 is 1.21 bits per heavy atom. The Balaban J connectivity index is 4.81. The summed E-state index contributed by atoms with van der Waals surface area (Å²) < 4.78 is 0. The highest BCUT2D eigenvalue weighted by Crippen LogP contribution is 2.27. The van der Waals surface area contributed by atoms with Gasteiger partial charge in [-0.25, -0.2) is 0 Å². The highest BCUT2D eigenvalue weighted by Gasteiger charge is 2.26. The third-order valence-electron chi connectivity index (χ3n) is 3.09. The lowest BCUT2D eigenvalue weighted by molar-refractivity contribution is -0.143. The number of aliphatic carboxylic acids is 1. The molecule has 0 spiro atoms. The number of carboxylic acids is 1. The quantitative estimate of drug-likeness (QED) is 0.369. The van der Waals surface area contributed by atoms with Gasteiger partial charge in [0.15, 0.2) is 0 Å². The van der Waals surface area contributed by atoms with Gasteiger partial charge in [-0.2, -0.15) is 4.91 Å². The first kappa shape index (κ1) is 17.8. The maximum atomic E-state index is 11.4. The minimum Gasteiger partial charge on any atom is -0.481 e. The van der Waals surface area contributed by atoms with E-state index in [4.69, 9.17) is 0 Å². The smallest absolute Gasteiger partial charge is 0.307 e. The van der Waals surface area contributed by atoms with Gasteiger partial charge in [-0.05, 0) is 37.0 Å². The van der Waals surface area contributed by atoms with E-state index in [9.17, 15) is 14.8 Å². The summed E-state index contributed by atoms with van der Waals surface area (Å²) >= 11 is 0. The topological polar surface area (TPSA) is 66.7 Å². The fourth-order valence-electron chi connectivity index (χ4n) is 2.15. The maximum absolute atomic E-state index is 11.4. The molecule has 0 heterocycles. The molecule has 0 aromatic heterocycles. The summed E-state index contributed by atoms with van der Waals surface area (Å²) in [6.07, 6.45) is 6.08. The van der Waals surface area contributed by atoms with E-state index in [0.717, 1.165) is 0 Å². The molecule has 4 heteroatoms. The Morgan fingerprint density at radius 3 is 2.26 bits per heavy atom. The van der Waals surface area contributed by atoms with Crippen molar-refractivity contribution >= 4 is 5.97 Å². The molecular formula is C15H27NO3. The van der Waals surface area contributed by atoms with Crippen LogP contribution in [0.15, 0.2) is 17.3 Å². The van der Waals surface area contributed by atoms with Crippen molar-refractivity contribution in [1.29, 1.82) is 0 Å². The first-order chi connectivity index (χ1) is 8.88. The molecule has 0 aliphatic heterocycles. The number of carbonyl (C=O) groups is 1. The number of rotatable bonds is 10. The van der Waals surface area contributed by atoms with Crippen LogP contribution in [0.5, 0.6) is 0 Å². The first-order valence-corrected chi connectivity index (χ1v) is 7.08. The van der Waals surface area contributed by atoms with E-state index in [1.807, 2.05) is 19.9 Å². The van der Waals surface area contributed by atoms with Gasteiger partial charge in [0, 0.05) is 0 Å². The molecule has 0 aromatic rings. The molecule has 2 atom stereocenters. The lowest BCUT2D eigenvalue weighted by atomic mass is 9.82. The molecule has 0 aromatic carbocycles. The number of hydrogen-bond donors (Lipinski definition) is 1. The predicted octanol–water partition coefficient (Wildman–Crippen LogP) is 4.11. The summed E-state index contributed by atoms with van der Waals surface area (Å²) in [4.78, 5) is 21.6. The van der Waals surface area contributed by atoms with E-state index in [0.29, 0.717) is 31.1 Å². The van der Waals surface area contributed by atoms with E-state index >= 15 is 0 Å². The van der Waals surface area contributed by atoms with Gasteiger partial charge in [0.1, 0.15) is 0 Å². The molecule has 0 radical (unpaired) electrons. The Hall–Kier alpha value is -1.19. The van der Waals surface area contributed by atoms with Crippen molar-refractivity contribution in [3.63, 3.8) is 0 Å². The molecule has 19 heavy (non-hydrogen) atoms. The van der Waals surface area contributed by atoms with Gasteiger partial charge in [-0.3, -0.25) is 4.79 Å². The summed E-state index contributed by atoms with van der Waals surface area (Å²) in [7, 11) is 0. The molecule has 4 nitrogen and oxygen atoms in total. The molecule has 0 rings (SSSR count). The number of nitroso groups, excluding NO2 is 1. The molecule has 1 N–H and O–H groups in total. The van der Waals surface area contributed by atoms with Crippen LogP contribution in [0.1, 0.15) is 47.0 Å².